The van der Waals surface area contributed by atoms with Crippen molar-refractivity contribution >= 4 is 21.7 Å². The average Bonchev–Trinajstić information content (AvgIpc) is 3.51. The van der Waals surface area contributed by atoms with E-state index in [4.69, 9.17) is 5.10 Å². The molecule has 182 valence electrons. The number of hydrogen-bond donors (Lipinski definition) is 1. The van der Waals surface area contributed by atoms with Crippen molar-refractivity contribution in [3.63, 3.8) is 0 Å². The fourth-order valence-corrected chi connectivity index (χ4v) is 6.54. The Hall–Kier alpha value is -3.75. The van der Waals surface area contributed by atoms with Gasteiger partial charge >= 0.3 is 0 Å². The molecule has 0 spiro atoms. The molecule has 2 aliphatic rings. The Kier molecular flexibility index (Phi) is 5.70. The van der Waals surface area contributed by atoms with Crippen LogP contribution in [0.1, 0.15) is 39.2 Å². The van der Waals surface area contributed by atoms with E-state index in [1.54, 1.807) is 22.9 Å². The first-order valence-corrected chi connectivity index (χ1v) is 13.6. The lowest BCUT2D eigenvalue weighted by Gasteiger charge is -2.28. The summed E-state index contributed by atoms with van der Waals surface area (Å²) in [4.78, 5) is 13.5. The third kappa shape index (κ3) is 4.02. The van der Waals surface area contributed by atoms with Crippen LogP contribution in [0.5, 0.6) is 0 Å². The van der Waals surface area contributed by atoms with Crippen LogP contribution in [0.25, 0.3) is 5.69 Å². The molecule has 0 atom stereocenters. The van der Waals surface area contributed by atoms with E-state index in [9.17, 15) is 13.2 Å². The number of benzene rings is 3. The third-order valence-corrected chi connectivity index (χ3v) is 8.81. The largest absolute Gasteiger partial charge is 0.306 e. The van der Waals surface area contributed by atoms with Gasteiger partial charge in [0.05, 0.1) is 16.3 Å². The Balaban J connectivity index is 1.28. The Bertz CT molecular complexity index is 1560. The van der Waals surface area contributed by atoms with Gasteiger partial charge in [0.15, 0.2) is 0 Å². The number of nitrogens with zero attached hydrogens (tertiary/aromatic N) is 3. The van der Waals surface area contributed by atoms with Gasteiger partial charge in [-0.3, -0.25) is 4.79 Å². The fourth-order valence-electron chi connectivity index (χ4n) is 5.08. The van der Waals surface area contributed by atoms with E-state index in [0.717, 1.165) is 41.8 Å². The quantitative estimate of drug-likeness (QED) is 0.443. The first kappa shape index (κ1) is 22.7. The molecule has 6 rings (SSSR count). The van der Waals surface area contributed by atoms with Crippen LogP contribution in [-0.2, 0) is 35.8 Å². The maximum Gasteiger partial charge on any atom is 0.256 e. The standard InChI is InChI=1S/C28H26N4O3S/c33-28(29-27-25-14-7-15-26(25)30-32(27)23-11-2-1-3-12-23)21-10-6-13-24(18-21)36(34,35)31-17-16-20-8-4-5-9-22(20)19-31/h1-6,8-13,18H,7,14-17,19H2,(H,29,33). The molecule has 0 radical (unpaired) electrons. The highest BCUT2D eigenvalue weighted by atomic mass is 32.2. The number of rotatable bonds is 5. The number of sulfonamides is 1. The van der Waals surface area contributed by atoms with Crippen LogP contribution in [-0.4, -0.2) is 35.0 Å². The van der Waals surface area contributed by atoms with Gasteiger partial charge in [0.1, 0.15) is 5.82 Å². The van der Waals surface area contributed by atoms with Gasteiger partial charge in [-0.2, -0.15) is 9.40 Å². The van der Waals surface area contributed by atoms with Crippen LogP contribution >= 0.6 is 0 Å². The van der Waals surface area contributed by atoms with Crippen LogP contribution in [0, 0.1) is 0 Å². The van der Waals surface area contributed by atoms with Crippen molar-refractivity contribution in [3.05, 3.63) is 107 Å². The van der Waals surface area contributed by atoms with Gasteiger partial charge in [0.2, 0.25) is 10.0 Å². The van der Waals surface area contributed by atoms with Gasteiger partial charge in [-0.15, -0.1) is 0 Å². The number of anilines is 1. The second-order valence-corrected chi connectivity index (χ2v) is 11.2. The molecule has 1 aliphatic carbocycles. The molecule has 0 fully saturated rings. The van der Waals surface area contributed by atoms with Crippen molar-refractivity contribution in [1.29, 1.82) is 0 Å². The summed E-state index contributed by atoms with van der Waals surface area (Å²) in [5.74, 6) is 0.294. The summed E-state index contributed by atoms with van der Waals surface area (Å²) >= 11 is 0. The van der Waals surface area contributed by atoms with Crippen LogP contribution in [0.4, 0.5) is 5.82 Å². The third-order valence-electron chi connectivity index (χ3n) is 6.97. The minimum absolute atomic E-state index is 0.122. The second kappa shape index (κ2) is 9.04. The summed E-state index contributed by atoms with van der Waals surface area (Å²) in [6.45, 7) is 0.746. The Morgan fingerprint density at radius 2 is 1.64 bits per heavy atom. The van der Waals surface area contributed by atoms with Crippen molar-refractivity contribution in [2.45, 2.75) is 37.1 Å². The maximum absolute atomic E-state index is 13.5. The van der Waals surface area contributed by atoms with E-state index in [0.29, 0.717) is 30.9 Å². The minimum atomic E-state index is -3.75. The number of fused-ring (bicyclic) bond motifs is 2. The first-order valence-electron chi connectivity index (χ1n) is 12.2. The molecular weight excluding hydrogens is 472 g/mol. The molecule has 0 bridgehead atoms. The molecule has 3 aromatic carbocycles. The zero-order valence-corrected chi connectivity index (χ0v) is 20.5. The molecule has 1 aliphatic heterocycles. The molecule has 1 amide bonds. The predicted octanol–water partition coefficient (Wildman–Crippen LogP) is 4.36. The number of nitrogens with one attached hydrogen (secondary N) is 1. The minimum Gasteiger partial charge on any atom is -0.306 e. The number of para-hydroxylation sites is 1. The smallest absolute Gasteiger partial charge is 0.256 e. The predicted molar refractivity (Wildman–Crippen MR) is 138 cm³/mol. The lowest BCUT2D eigenvalue weighted by atomic mass is 10.0. The second-order valence-electron chi connectivity index (χ2n) is 9.21. The molecule has 2 heterocycles. The lowest BCUT2D eigenvalue weighted by Crippen LogP contribution is -2.36. The molecule has 0 saturated carbocycles. The molecule has 8 heteroatoms. The highest BCUT2D eigenvalue weighted by Crippen LogP contribution is 2.31. The lowest BCUT2D eigenvalue weighted by molar-refractivity contribution is 0.102. The van der Waals surface area contributed by atoms with E-state index >= 15 is 0 Å². The normalized spacial score (nSPS) is 15.3. The van der Waals surface area contributed by atoms with Gasteiger partial charge in [0, 0.05) is 24.2 Å². The molecule has 1 N–H and O–H groups in total. The average molecular weight is 499 g/mol. The number of carbonyl (C=O) groups excluding carboxylic acids is 1. The van der Waals surface area contributed by atoms with Gasteiger partial charge < -0.3 is 5.32 Å². The van der Waals surface area contributed by atoms with Crippen molar-refractivity contribution in [2.75, 3.05) is 11.9 Å². The maximum atomic E-state index is 13.5. The summed E-state index contributed by atoms with van der Waals surface area (Å²) in [6.07, 6.45) is 3.40. The van der Waals surface area contributed by atoms with Crippen molar-refractivity contribution in [1.82, 2.24) is 14.1 Å². The summed E-state index contributed by atoms with van der Waals surface area (Å²) in [7, 11) is -3.75. The highest BCUT2D eigenvalue weighted by Gasteiger charge is 2.29. The van der Waals surface area contributed by atoms with Crippen molar-refractivity contribution in [2.24, 2.45) is 0 Å². The van der Waals surface area contributed by atoms with Crippen molar-refractivity contribution in [3.8, 4) is 5.69 Å². The molecule has 7 nitrogen and oxygen atoms in total. The summed E-state index contributed by atoms with van der Waals surface area (Å²) in [6, 6.07) is 23.9. The van der Waals surface area contributed by atoms with E-state index in [2.05, 4.69) is 5.32 Å². The van der Waals surface area contributed by atoms with Gasteiger partial charge in [-0.25, -0.2) is 13.1 Å². The first-order chi connectivity index (χ1) is 17.5. The van der Waals surface area contributed by atoms with E-state index < -0.39 is 10.0 Å². The number of carbonyl (C=O) groups is 1. The SMILES string of the molecule is O=C(Nc1c2c(nn1-c1ccccc1)CCC2)c1cccc(S(=O)(=O)N2CCc3ccccc3C2)c1. The molecular formula is C28H26N4O3S. The summed E-state index contributed by atoms with van der Waals surface area (Å²) < 4.78 is 30.2. The molecule has 4 aromatic rings. The number of amides is 1. The Morgan fingerprint density at radius 3 is 2.47 bits per heavy atom. The van der Waals surface area contributed by atoms with Crippen molar-refractivity contribution < 1.29 is 13.2 Å². The molecule has 36 heavy (non-hydrogen) atoms. The number of hydrogen-bond acceptors (Lipinski definition) is 4. The number of aryl methyl sites for hydroxylation is 1. The van der Waals surface area contributed by atoms with Crippen LogP contribution in [0.2, 0.25) is 0 Å². The summed E-state index contributed by atoms with van der Waals surface area (Å²) in [5.41, 5.74) is 5.40. The van der Waals surface area contributed by atoms with Crippen LogP contribution in [0.3, 0.4) is 0 Å². The monoisotopic (exact) mass is 498 g/mol. The molecule has 0 saturated heterocycles. The Labute approximate surface area is 210 Å². The van der Waals surface area contributed by atoms with Crippen LogP contribution in [0.15, 0.2) is 83.8 Å². The van der Waals surface area contributed by atoms with E-state index in [1.807, 2.05) is 54.6 Å². The van der Waals surface area contributed by atoms with Gasteiger partial charge in [-0.1, -0.05) is 48.5 Å². The molecule has 1 aromatic heterocycles. The highest BCUT2D eigenvalue weighted by molar-refractivity contribution is 7.89. The van der Waals surface area contributed by atoms with E-state index in [1.165, 1.54) is 15.9 Å². The summed E-state index contributed by atoms with van der Waals surface area (Å²) in [5, 5.41) is 7.77. The molecule has 0 unspecified atom stereocenters. The van der Waals surface area contributed by atoms with Gasteiger partial charge in [0.25, 0.3) is 5.91 Å². The topological polar surface area (TPSA) is 84.3 Å². The van der Waals surface area contributed by atoms with Crippen LogP contribution < -0.4 is 5.32 Å². The fraction of sp³-hybridized carbons (Fsp3) is 0.214. The number of aromatic nitrogens is 2. The van der Waals surface area contributed by atoms with Gasteiger partial charge in [-0.05, 0) is 67.1 Å². The van der Waals surface area contributed by atoms with E-state index in [-0.39, 0.29) is 10.8 Å². The Morgan fingerprint density at radius 1 is 0.861 bits per heavy atom. The zero-order valence-electron chi connectivity index (χ0n) is 19.7. The zero-order chi connectivity index (χ0) is 24.7.